The number of hydrogen-bond acceptors (Lipinski definition) is 2. The molecule has 0 saturated carbocycles. The molecule has 2 nitrogen and oxygen atoms in total. The van der Waals surface area contributed by atoms with Crippen LogP contribution in [0.4, 0.5) is 8.78 Å². The molecule has 0 aliphatic carbocycles. The van der Waals surface area contributed by atoms with Crippen LogP contribution in [0.5, 0.6) is 0 Å². The Morgan fingerprint density at radius 2 is 1.84 bits per heavy atom. The number of benzene rings is 1. The van der Waals surface area contributed by atoms with E-state index in [9.17, 15) is 8.78 Å². The van der Waals surface area contributed by atoms with Gasteiger partial charge in [0.2, 0.25) is 0 Å². The molecule has 0 aromatic heterocycles. The van der Waals surface area contributed by atoms with Crippen molar-refractivity contribution in [3.63, 3.8) is 0 Å². The summed E-state index contributed by atoms with van der Waals surface area (Å²) >= 11 is 0. The van der Waals surface area contributed by atoms with E-state index in [0.717, 1.165) is 38.0 Å². The van der Waals surface area contributed by atoms with E-state index >= 15 is 0 Å². The number of halogens is 2. The molecule has 0 bridgehead atoms. The van der Waals surface area contributed by atoms with E-state index in [4.69, 9.17) is 0 Å². The van der Waals surface area contributed by atoms with Crippen molar-refractivity contribution in [1.82, 2.24) is 10.2 Å². The quantitative estimate of drug-likeness (QED) is 0.781. The third-order valence-corrected chi connectivity index (χ3v) is 3.56. The predicted molar refractivity (Wildman–Crippen MR) is 75.3 cm³/mol. The molecular formula is C15H24F2N2. The molecule has 1 aromatic rings. The van der Waals surface area contributed by atoms with Gasteiger partial charge < -0.3 is 10.2 Å². The summed E-state index contributed by atoms with van der Waals surface area (Å²) in [5, 5.41) is 3.25. The standard InChI is InChI=1S/C15H24F2N2/c1-4-19(5-2)9-8-13(18-3)10-12-6-7-14(16)15(17)11-12/h6-7,11,13,18H,4-5,8-10H2,1-3H3. The fraction of sp³-hybridized carbons (Fsp3) is 0.600. The van der Waals surface area contributed by atoms with Crippen molar-refractivity contribution in [2.45, 2.75) is 32.7 Å². The van der Waals surface area contributed by atoms with Crippen LogP contribution in [-0.2, 0) is 6.42 Å². The maximum Gasteiger partial charge on any atom is 0.159 e. The van der Waals surface area contributed by atoms with E-state index < -0.39 is 11.6 Å². The summed E-state index contributed by atoms with van der Waals surface area (Å²) in [7, 11) is 1.91. The van der Waals surface area contributed by atoms with E-state index in [1.807, 2.05) is 7.05 Å². The van der Waals surface area contributed by atoms with Gasteiger partial charge in [-0.25, -0.2) is 8.78 Å². The second-order valence-corrected chi connectivity index (χ2v) is 4.75. The molecule has 1 atom stereocenters. The molecule has 1 rings (SSSR count). The van der Waals surface area contributed by atoms with Crippen LogP contribution in [0.2, 0.25) is 0 Å². The van der Waals surface area contributed by atoms with Gasteiger partial charge in [0.25, 0.3) is 0 Å². The van der Waals surface area contributed by atoms with Crippen molar-refractivity contribution in [1.29, 1.82) is 0 Å². The Balaban J connectivity index is 2.53. The molecule has 0 aliphatic heterocycles. The van der Waals surface area contributed by atoms with Gasteiger partial charge in [0.15, 0.2) is 11.6 Å². The van der Waals surface area contributed by atoms with Crippen LogP contribution in [0.1, 0.15) is 25.8 Å². The lowest BCUT2D eigenvalue weighted by Gasteiger charge is -2.22. The lowest BCUT2D eigenvalue weighted by atomic mass is 10.0. The van der Waals surface area contributed by atoms with Crippen LogP contribution in [0.3, 0.4) is 0 Å². The summed E-state index contributed by atoms with van der Waals surface area (Å²) in [4.78, 5) is 2.36. The summed E-state index contributed by atoms with van der Waals surface area (Å²) in [6, 6.07) is 4.42. The first-order valence-electron chi connectivity index (χ1n) is 6.94. The van der Waals surface area contributed by atoms with Gasteiger partial charge in [-0.3, -0.25) is 0 Å². The molecule has 0 saturated heterocycles. The minimum absolute atomic E-state index is 0.283. The lowest BCUT2D eigenvalue weighted by Crippen LogP contribution is -2.33. The van der Waals surface area contributed by atoms with Crippen LogP contribution in [0, 0.1) is 11.6 Å². The second kappa shape index (κ2) is 8.23. The van der Waals surface area contributed by atoms with Gasteiger partial charge in [-0.05, 0) is 57.2 Å². The Kier molecular flexibility index (Phi) is 6.95. The monoisotopic (exact) mass is 270 g/mol. The van der Waals surface area contributed by atoms with E-state index in [1.165, 1.54) is 12.1 Å². The Morgan fingerprint density at radius 3 is 2.37 bits per heavy atom. The number of rotatable bonds is 8. The van der Waals surface area contributed by atoms with Crippen LogP contribution in [0.25, 0.3) is 0 Å². The van der Waals surface area contributed by atoms with Gasteiger partial charge >= 0.3 is 0 Å². The van der Waals surface area contributed by atoms with Gasteiger partial charge in [0.05, 0.1) is 0 Å². The molecule has 1 N–H and O–H groups in total. The first kappa shape index (κ1) is 16.1. The maximum absolute atomic E-state index is 13.2. The molecule has 1 aromatic carbocycles. The van der Waals surface area contributed by atoms with Crippen molar-refractivity contribution in [2.75, 3.05) is 26.7 Å². The summed E-state index contributed by atoms with van der Waals surface area (Å²) in [6.07, 6.45) is 1.71. The van der Waals surface area contributed by atoms with Gasteiger partial charge in [-0.15, -0.1) is 0 Å². The SMILES string of the molecule is CCN(CC)CCC(Cc1ccc(F)c(F)c1)NC. The molecular weight excluding hydrogens is 246 g/mol. The van der Waals surface area contributed by atoms with Gasteiger partial charge in [0, 0.05) is 6.04 Å². The van der Waals surface area contributed by atoms with Crippen molar-refractivity contribution in [3.05, 3.63) is 35.4 Å². The third-order valence-electron chi connectivity index (χ3n) is 3.56. The minimum Gasteiger partial charge on any atom is -0.317 e. The van der Waals surface area contributed by atoms with Gasteiger partial charge in [-0.2, -0.15) is 0 Å². The molecule has 19 heavy (non-hydrogen) atoms. The highest BCUT2D eigenvalue weighted by Crippen LogP contribution is 2.12. The second-order valence-electron chi connectivity index (χ2n) is 4.75. The van der Waals surface area contributed by atoms with Crippen LogP contribution >= 0.6 is 0 Å². The average Bonchev–Trinajstić information content (AvgIpc) is 2.42. The Labute approximate surface area is 114 Å². The zero-order valence-electron chi connectivity index (χ0n) is 12.0. The summed E-state index contributed by atoms with van der Waals surface area (Å²) in [5.74, 6) is -1.55. The number of hydrogen-bond donors (Lipinski definition) is 1. The van der Waals surface area contributed by atoms with Crippen molar-refractivity contribution in [2.24, 2.45) is 0 Å². The average molecular weight is 270 g/mol. The van der Waals surface area contributed by atoms with Crippen molar-refractivity contribution >= 4 is 0 Å². The molecule has 108 valence electrons. The van der Waals surface area contributed by atoms with Crippen LogP contribution < -0.4 is 5.32 Å². The first-order chi connectivity index (χ1) is 9.10. The van der Waals surface area contributed by atoms with E-state index in [-0.39, 0.29) is 6.04 Å². The summed E-state index contributed by atoms with van der Waals surface area (Å²) in [6.45, 7) is 7.39. The number of likely N-dealkylation sites (N-methyl/N-ethyl adjacent to an activating group) is 1. The largest absolute Gasteiger partial charge is 0.317 e. The highest BCUT2D eigenvalue weighted by atomic mass is 19.2. The minimum atomic E-state index is -0.784. The predicted octanol–water partition coefficient (Wildman–Crippen LogP) is 2.83. The Bertz CT molecular complexity index is 378. The van der Waals surface area contributed by atoms with E-state index in [2.05, 4.69) is 24.1 Å². The molecule has 0 amide bonds. The molecule has 0 heterocycles. The first-order valence-corrected chi connectivity index (χ1v) is 6.94. The maximum atomic E-state index is 13.2. The van der Waals surface area contributed by atoms with Crippen molar-refractivity contribution < 1.29 is 8.78 Å². The number of nitrogens with zero attached hydrogens (tertiary/aromatic N) is 1. The molecule has 1 unspecified atom stereocenters. The molecule has 4 heteroatoms. The zero-order valence-corrected chi connectivity index (χ0v) is 12.0. The van der Waals surface area contributed by atoms with E-state index in [0.29, 0.717) is 0 Å². The Morgan fingerprint density at radius 1 is 1.16 bits per heavy atom. The smallest absolute Gasteiger partial charge is 0.159 e. The third kappa shape index (κ3) is 5.25. The van der Waals surface area contributed by atoms with Gasteiger partial charge in [0.1, 0.15) is 0 Å². The van der Waals surface area contributed by atoms with Gasteiger partial charge in [-0.1, -0.05) is 19.9 Å². The zero-order chi connectivity index (χ0) is 14.3. The fourth-order valence-electron chi connectivity index (χ4n) is 2.18. The topological polar surface area (TPSA) is 15.3 Å². The molecule has 0 fully saturated rings. The molecule has 0 radical (unpaired) electrons. The van der Waals surface area contributed by atoms with Crippen molar-refractivity contribution in [3.8, 4) is 0 Å². The highest BCUT2D eigenvalue weighted by Gasteiger charge is 2.11. The van der Waals surface area contributed by atoms with E-state index in [1.54, 1.807) is 6.07 Å². The summed E-state index contributed by atoms with van der Waals surface area (Å²) < 4.78 is 26.0. The molecule has 0 aliphatic rings. The molecule has 0 spiro atoms. The number of nitrogens with one attached hydrogen (secondary N) is 1. The normalized spacial score (nSPS) is 12.9. The van der Waals surface area contributed by atoms with Crippen LogP contribution in [0.15, 0.2) is 18.2 Å². The van der Waals surface area contributed by atoms with Crippen LogP contribution in [-0.4, -0.2) is 37.6 Å². The highest BCUT2D eigenvalue weighted by molar-refractivity contribution is 5.18. The summed E-state index contributed by atoms with van der Waals surface area (Å²) in [5.41, 5.74) is 0.831. The Hall–Kier alpha value is -1.00. The lowest BCUT2D eigenvalue weighted by molar-refractivity contribution is 0.283. The fourth-order valence-corrected chi connectivity index (χ4v) is 2.18.